The predicted octanol–water partition coefficient (Wildman–Crippen LogP) is 2.42. The molecule has 1 aliphatic carbocycles. The summed E-state index contributed by atoms with van der Waals surface area (Å²) in [5, 5.41) is 14.9. The molecule has 0 saturated heterocycles. The monoisotopic (exact) mass is 685 g/mol. The van der Waals surface area contributed by atoms with Gasteiger partial charge in [-0.15, -0.1) is 12.4 Å². The van der Waals surface area contributed by atoms with Crippen LogP contribution in [0.2, 0.25) is 0 Å². The van der Waals surface area contributed by atoms with Gasteiger partial charge in [-0.05, 0) is 67.7 Å². The fourth-order valence-corrected chi connectivity index (χ4v) is 6.04. The van der Waals surface area contributed by atoms with Crippen molar-refractivity contribution in [2.75, 3.05) is 32.2 Å². The molecule has 1 aromatic carbocycles. The van der Waals surface area contributed by atoms with E-state index in [9.17, 15) is 29.1 Å². The van der Waals surface area contributed by atoms with Crippen LogP contribution in [0.3, 0.4) is 0 Å². The molecule has 2 rings (SSSR count). The summed E-state index contributed by atoms with van der Waals surface area (Å²) in [4.78, 5) is 65.3. The summed E-state index contributed by atoms with van der Waals surface area (Å²) in [6, 6.07) is 3.72. The van der Waals surface area contributed by atoms with E-state index in [0.29, 0.717) is 37.9 Å². The third kappa shape index (κ3) is 15.0. The van der Waals surface area contributed by atoms with E-state index < -0.39 is 41.8 Å². The summed E-state index contributed by atoms with van der Waals surface area (Å²) < 4.78 is 4.69. The minimum absolute atomic E-state index is 0. The minimum atomic E-state index is -0.924. The molecule has 0 bridgehead atoms. The van der Waals surface area contributed by atoms with Gasteiger partial charge in [-0.3, -0.25) is 24.0 Å². The molecule has 12 nitrogen and oxygen atoms in total. The topological polar surface area (TPSA) is 194 Å². The molecular weight excluding hydrogens is 634 g/mol. The van der Waals surface area contributed by atoms with Crippen LogP contribution < -0.4 is 22.1 Å². The minimum Gasteiger partial charge on any atom is -0.508 e. The molecule has 14 heteroatoms. The Labute approximate surface area is 282 Å². The van der Waals surface area contributed by atoms with Crippen LogP contribution >= 0.6 is 24.2 Å². The molecule has 0 unspecified atom stereocenters. The number of hydrogen-bond donors (Lipinski definition) is 5. The van der Waals surface area contributed by atoms with Gasteiger partial charge < -0.3 is 36.8 Å². The zero-order valence-electron chi connectivity index (χ0n) is 27.0. The molecule has 46 heavy (non-hydrogen) atoms. The molecular formula is C32H52ClN5O7S. The van der Waals surface area contributed by atoms with Gasteiger partial charge in [0.2, 0.25) is 23.6 Å². The number of benzene rings is 1. The van der Waals surface area contributed by atoms with Gasteiger partial charge >= 0.3 is 5.97 Å². The average Bonchev–Trinajstić information content (AvgIpc) is 3.03. The van der Waals surface area contributed by atoms with Crippen LogP contribution in [0.1, 0.15) is 76.2 Å². The van der Waals surface area contributed by atoms with Crippen molar-refractivity contribution in [1.29, 1.82) is 0 Å². The number of esters is 1. The van der Waals surface area contributed by atoms with Crippen molar-refractivity contribution >= 4 is 53.8 Å². The Morgan fingerprint density at radius 3 is 2.33 bits per heavy atom. The van der Waals surface area contributed by atoms with Gasteiger partial charge in [0.25, 0.3) is 0 Å². The molecule has 1 aromatic rings. The Bertz CT molecular complexity index is 1100. The first-order valence-electron chi connectivity index (χ1n) is 15.8. The second kappa shape index (κ2) is 22.5. The van der Waals surface area contributed by atoms with Crippen LogP contribution in [0.15, 0.2) is 24.3 Å². The molecule has 1 aliphatic rings. The molecule has 3 atom stereocenters. The first-order chi connectivity index (χ1) is 21.5. The van der Waals surface area contributed by atoms with E-state index in [1.165, 1.54) is 35.9 Å². The van der Waals surface area contributed by atoms with Gasteiger partial charge in [0.05, 0.1) is 19.7 Å². The standard InChI is InChI=1S/C32H51N5O7S.ClH/c1-44-29(40)11-7-4-8-17-37(27(30(34)41)20-22-9-5-3-6-10-22)28(39)21-35-32(43)26(16-18-45-2)36-31(42)25(33)19-23-12-14-24(38)15-13-23;/h12-15,22,25-27,38H,3-11,16-21,33H2,1-2H3,(H2,34,41)(H,35,43)(H,36,42);1H/t25-,26+,27-;/m0./s1. The van der Waals surface area contributed by atoms with E-state index in [2.05, 4.69) is 15.4 Å². The highest BCUT2D eigenvalue weighted by atomic mass is 35.5. The number of unbranched alkanes of at least 4 members (excludes halogenated alkanes) is 2. The number of carbonyl (C=O) groups excluding carboxylic acids is 5. The van der Waals surface area contributed by atoms with Crippen LogP contribution in [0.5, 0.6) is 5.75 Å². The Balaban J connectivity index is 0.0000106. The fourth-order valence-electron chi connectivity index (χ4n) is 5.57. The van der Waals surface area contributed by atoms with Crippen molar-refractivity contribution in [3.63, 3.8) is 0 Å². The second-order valence-corrected chi connectivity index (χ2v) is 12.7. The number of primary amides is 1. The van der Waals surface area contributed by atoms with E-state index in [-0.39, 0.29) is 56.0 Å². The SMILES string of the molecule is COC(=O)CCCCCN(C(=O)CNC(=O)[C@@H](CCSC)NC(=O)[C@@H](N)Cc1ccc(O)cc1)[C@@H](CC1CCCCC1)C(N)=O.Cl. The van der Waals surface area contributed by atoms with Crippen molar-refractivity contribution < 1.29 is 33.8 Å². The summed E-state index contributed by atoms with van der Waals surface area (Å²) in [6.45, 7) is -0.102. The summed E-state index contributed by atoms with van der Waals surface area (Å²) in [6.07, 6.45) is 10.2. The van der Waals surface area contributed by atoms with Crippen molar-refractivity contribution in [1.82, 2.24) is 15.5 Å². The number of phenolic OH excluding ortho intramolecular Hbond substituents is 1. The number of aromatic hydroxyl groups is 1. The Kier molecular flexibility index (Phi) is 20.0. The number of amides is 4. The number of phenols is 1. The van der Waals surface area contributed by atoms with Gasteiger partial charge in [0.1, 0.15) is 17.8 Å². The molecule has 4 amide bonds. The summed E-state index contributed by atoms with van der Waals surface area (Å²) in [5.41, 5.74) is 12.7. The number of hydrogen-bond acceptors (Lipinski definition) is 9. The number of methoxy groups -OCH3 is 1. The molecule has 0 aromatic heterocycles. The molecule has 0 aliphatic heterocycles. The Hall–Kier alpha value is -3.03. The Morgan fingerprint density at radius 1 is 1.04 bits per heavy atom. The van der Waals surface area contributed by atoms with Crippen molar-refractivity contribution in [3.05, 3.63) is 29.8 Å². The van der Waals surface area contributed by atoms with Crippen molar-refractivity contribution in [2.45, 2.75) is 95.2 Å². The maximum Gasteiger partial charge on any atom is 0.305 e. The van der Waals surface area contributed by atoms with Gasteiger partial charge in [-0.1, -0.05) is 50.7 Å². The maximum absolute atomic E-state index is 13.5. The molecule has 0 heterocycles. The fraction of sp³-hybridized carbons (Fsp3) is 0.656. The Morgan fingerprint density at radius 2 is 1.72 bits per heavy atom. The number of carbonyl (C=O) groups is 5. The van der Waals surface area contributed by atoms with E-state index >= 15 is 0 Å². The number of rotatable bonds is 20. The zero-order chi connectivity index (χ0) is 33.2. The third-order valence-electron chi connectivity index (χ3n) is 8.20. The van der Waals surface area contributed by atoms with Gasteiger partial charge in [0, 0.05) is 13.0 Å². The lowest BCUT2D eigenvalue weighted by atomic mass is 9.84. The van der Waals surface area contributed by atoms with E-state index in [1.807, 2.05) is 6.26 Å². The first-order valence-corrected chi connectivity index (χ1v) is 17.2. The molecule has 1 saturated carbocycles. The lowest BCUT2D eigenvalue weighted by molar-refractivity contribution is -0.141. The highest BCUT2D eigenvalue weighted by molar-refractivity contribution is 7.98. The van der Waals surface area contributed by atoms with Crippen LogP contribution in [0, 0.1) is 5.92 Å². The summed E-state index contributed by atoms with van der Waals surface area (Å²) in [7, 11) is 1.34. The van der Waals surface area contributed by atoms with Crippen LogP contribution in [-0.4, -0.2) is 89.9 Å². The smallest absolute Gasteiger partial charge is 0.305 e. The quantitative estimate of drug-likeness (QED) is 0.101. The van der Waals surface area contributed by atoms with Crippen molar-refractivity contribution in [3.8, 4) is 5.75 Å². The number of nitrogens with zero attached hydrogens (tertiary/aromatic N) is 1. The highest BCUT2D eigenvalue weighted by Gasteiger charge is 2.32. The van der Waals surface area contributed by atoms with E-state index in [1.54, 1.807) is 12.1 Å². The van der Waals surface area contributed by atoms with Crippen LogP contribution in [-0.2, 0) is 35.1 Å². The molecule has 0 radical (unpaired) electrons. The van der Waals surface area contributed by atoms with E-state index in [4.69, 9.17) is 11.5 Å². The molecule has 1 fully saturated rings. The lowest BCUT2D eigenvalue weighted by Crippen LogP contribution is -2.55. The zero-order valence-corrected chi connectivity index (χ0v) is 28.7. The number of thioether (sulfide) groups is 1. The number of halogens is 1. The largest absolute Gasteiger partial charge is 0.508 e. The number of nitrogens with one attached hydrogen (secondary N) is 2. The highest BCUT2D eigenvalue weighted by Crippen LogP contribution is 2.29. The number of nitrogens with two attached hydrogens (primary N) is 2. The normalized spacial score (nSPS) is 15.0. The van der Waals surface area contributed by atoms with Gasteiger partial charge in [0.15, 0.2) is 0 Å². The van der Waals surface area contributed by atoms with Gasteiger partial charge in [-0.2, -0.15) is 11.8 Å². The molecule has 260 valence electrons. The van der Waals surface area contributed by atoms with Crippen LogP contribution in [0.4, 0.5) is 0 Å². The first kappa shape index (κ1) is 41.0. The lowest BCUT2D eigenvalue weighted by Gasteiger charge is -2.33. The molecule has 7 N–H and O–H groups in total. The number of ether oxygens (including phenoxy) is 1. The predicted molar refractivity (Wildman–Crippen MR) is 181 cm³/mol. The summed E-state index contributed by atoms with van der Waals surface area (Å²) in [5.74, 6) is -1.37. The maximum atomic E-state index is 13.5. The second-order valence-electron chi connectivity index (χ2n) is 11.7. The van der Waals surface area contributed by atoms with E-state index in [0.717, 1.165) is 37.7 Å². The van der Waals surface area contributed by atoms with Crippen LogP contribution in [0.25, 0.3) is 0 Å². The molecule has 0 spiro atoms. The summed E-state index contributed by atoms with van der Waals surface area (Å²) >= 11 is 1.51. The van der Waals surface area contributed by atoms with Gasteiger partial charge in [-0.25, -0.2) is 0 Å². The third-order valence-corrected chi connectivity index (χ3v) is 8.84. The van der Waals surface area contributed by atoms with Crippen molar-refractivity contribution in [2.24, 2.45) is 17.4 Å². The average molecular weight is 686 g/mol.